The van der Waals surface area contributed by atoms with Crippen LogP contribution in [0.5, 0.6) is 0 Å². The summed E-state index contributed by atoms with van der Waals surface area (Å²) in [6.45, 7) is 2.07. The Hall–Kier alpha value is -1.22. The summed E-state index contributed by atoms with van der Waals surface area (Å²) in [5, 5.41) is 0. The van der Waals surface area contributed by atoms with Gasteiger partial charge in [-0.2, -0.15) is 0 Å². The molecule has 0 aliphatic rings. The molecule has 2 aromatic heterocycles. The molecule has 0 amide bonds. The van der Waals surface area contributed by atoms with Crippen molar-refractivity contribution in [3.05, 3.63) is 35.2 Å². The maximum Gasteiger partial charge on any atom is 0.250 e. The largest absolute Gasteiger partial charge is 0.347 e. The number of nitrogens with one attached hydrogen (secondary N) is 2. The Morgan fingerprint density at radius 2 is 2.33 bits per heavy atom. The van der Waals surface area contributed by atoms with Crippen molar-refractivity contribution in [3.63, 3.8) is 0 Å². The first-order valence-electron chi connectivity index (χ1n) is 5.33. The van der Waals surface area contributed by atoms with Gasteiger partial charge in [0.25, 0.3) is 10.0 Å². The molecule has 0 fully saturated rings. The number of aromatic nitrogens is 2. The monoisotopic (exact) mass is 286 g/mol. The fraction of sp³-hybridized carbons (Fsp3) is 0.300. The molecule has 2 rings (SSSR count). The van der Waals surface area contributed by atoms with Crippen molar-refractivity contribution in [2.75, 3.05) is 0 Å². The average Bonchev–Trinajstić information content (AvgIpc) is 3.00. The Labute approximate surface area is 109 Å². The minimum Gasteiger partial charge on any atom is -0.347 e. The number of hydrogen-bond acceptors (Lipinski definition) is 5. The zero-order valence-electron chi connectivity index (χ0n) is 9.75. The van der Waals surface area contributed by atoms with E-state index in [0.717, 1.165) is 4.88 Å². The molecule has 1 unspecified atom stereocenters. The topological polar surface area (TPSA) is 101 Å². The summed E-state index contributed by atoms with van der Waals surface area (Å²) >= 11 is 1.17. The SMILES string of the molecule is CC(NS(=O)(=O)c1ccc(CN)s1)c1ncc[nH]1. The summed E-state index contributed by atoms with van der Waals surface area (Å²) in [4.78, 5) is 7.72. The number of sulfonamides is 1. The molecule has 0 aliphatic carbocycles. The van der Waals surface area contributed by atoms with Crippen LogP contribution < -0.4 is 10.5 Å². The lowest BCUT2D eigenvalue weighted by molar-refractivity contribution is 0.563. The zero-order valence-corrected chi connectivity index (χ0v) is 11.4. The van der Waals surface area contributed by atoms with Crippen LogP contribution in [-0.2, 0) is 16.6 Å². The van der Waals surface area contributed by atoms with Crippen molar-refractivity contribution in [1.29, 1.82) is 0 Å². The van der Waals surface area contributed by atoms with Gasteiger partial charge in [-0.05, 0) is 19.1 Å². The highest BCUT2D eigenvalue weighted by molar-refractivity contribution is 7.91. The third kappa shape index (κ3) is 2.78. The molecule has 6 nitrogen and oxygen atoms in total. The van der Waals surface area contributed by atoms with E-state index in [2.05, 4.69) is 14.7 Å². The van der Waals surface area contributed by atoms with E-state index in [1.165, 1.54) is 11.3 Å². The summed E-state index contributed by atoms with van der Waals surface area (Å²) in [7, 11) is -3.52. The van der Waals surface area contributed by atoms with Crippen LogP contribution >= 0.6 is 11.3 Å². The zero-order chi connectivity index (χ0) is 13.2. The van der Waals surface area contributed by atoms with Gasteiger partial charge in [0.05, 0.1) is 6.04 Å². The minimum absolute atomic E-state index is 0.265. The van der Waals surface area contributed by atoms with Crippen LogP contribution in [0.1, 0.15) is 23.7 Å². The van der Waals surface area contributed by atoms with Crippen LogP contribution in [0.4, 0.5) is 0 Å². The molecule has 18 heavy (non-hydrogen) atoms. The smallest absolute Gasteiger partial charge is 0.250 e. The number of nitrogens with zero attached hydrogens (tertiary/aromatic N) is 1. The highest BCUT2D eigenvalue weighted by atomic mass is 32.2. The van der Waals surface area contributed by atoms with Gasteiger partial charge in [-0.3, -0.25) is 0 Å². The number of H-pyrrole nitrogens is 1. The molecule has 0 aromatic carbocycles. The lowest BCUT2D eigenvalue weighted by atomic mass is 10.3. The third-order valence-corrected chi connectivity index (χ3v) is 5.50. The van der Waals surface area contributed by atoms with Crippen molar-refractivity contribution in [1.82, 2.24) is 14.7 Å². The Balaban J connectivity index is 2.17. The highest BCUT2D eigenvalue weighted by Crippen LogP contribution is 2.22. The lowest BCUT2D eigenvalue weighted by Crippen LogP contribution is -2.26. The van der Waals surface area contributed by atoms with Gasteiger partial charge in [0.1, 0.15) is 10.0 Å². The predicted molar refractivity (Wildman–Crippen MR) is 69.5 cm³/mol. The van der Waals surface area contributed by atoms with Crippen molar-refractivity contribution in [2.45, 2.75) is 23.7 Å². The summed E-state index contributed by atoms with van der Waals surface area (Å²) in [5.74, 6) is 0.578. The Bertz CT molecular complexity index is 604. The van der Waals surface area contributed by atoms with E-state index in [9.17, 15) is 8.42 Å². The van der Waals surface area contributed by atoms with Gasteiger partial charge in [0.15, 0.2) is 0 Å². The van der Waals surface area contributed by atoms with Gasteiger partial charge in [-0.1, -0.05) is 0 Å². The fourth-order valence-corrected chi connectivity index (χ4v) is 3.93. The van der Waals surface area contributed by atoms with Gasteiger partial charge >= 0.3 is 0 Å². The van der Waals surface area contributed by atoms with E-state index < -0.39 is 16.1 Å². The molecule has 1 atom stereocenters. The first-order valence-corrected chi connectivity index (χ1v) is 7.63. The Morgan fingerprint density at radius 3 is 2.89 bits per heavy atom. The van der Waals surface area contributed by atoms with Crippen LogP contribution in [-0.4, -0.2) is 18.4 Å². The second-order valence-corrected chi connectivity index (χ2v) is 6.85. The van der Waals surface area contributed by atoms with Crippen LogP contribution in [0, 0.1) is 0 Å². The van der Waals surface area contributed by atoms with E-state index >= 15 is 0 Å². The molecule has 8 heteroatoms. The Kier molecular flexibility index (Phi) is 3.81. The van der Waals surface area contributed by atoms with Crippen molar-refractivity contribution in [3.8, 4) is 0 Å². The van der Waals surface area contributed by atoms with Crippen molar-refractivity contribution in [2.24, 2.45) is 5.73 Å². The number of hydrogen-bond donors (Lipinski definition) is 3. The van der Waals surface area contributed by atoms with Gasteiger partial charge in [0, 0.05) is 23.8 Å². The van der Waals surface area contributed by atoms with E-state index in [0.29, 0.717) is 12.4 Å². The predicted octanol–water partition coefficient (Wildman–Crippen LogP) is 0.969. The maximum atomic E-state index is 12.1. The molecule has 0 spiro atoms. The average molecular weight is 286 g/mol. The second-order valence-electron chi connectivity index (χ2n) is 3.74. The Morgan fingerprint density at radius 1 is 1.56 bits per heavy atom. The summed E-state index contributed by atoms with van der Waals surface area (Å²) in [5.41, 5.74) is 5.47. The van der Waals surface area contributed by atoms with Crippen molar-refractivity contribution < 1.29 is 8.42 Å². The van der Waals surface area contributed by atoms with Gasteiger partial charge in [-0.25, -0.2) is 18.1 Å². The molecule has 2 aromatic rings. The first kappa shape index (κ1) is 13.2. The summed E-state index contributed by atoms with van der Waals surface area (Å²) in [6.07, 6.45) is 3.23. The van der Waals surface area contributed by atoms with Crippen LogP contribution in [0.3, 0.4) is 0 Å². The second kappa shape index (κ2) is 5.19. The number of nitrogens with two attached hydrogens (primary N) is 1. The molecule has 2 heterocycles. The first-order chi connectivity index (χ1) is 8.53. The van der Waals surface area contributed by atoms with Crippen LogP contribution in [0.2, 0.25) is 0 Å². The van der Waals surface area contributed by atoms with Crippen LogP contribution in [0.15, 0.2) is 28.7 Å². The molecule has 0 saturated carbocycles. The molecule has 0 aliphatic heterocycles. The molecule has 0 radical (unpaired) electrons. The number of aromatic amines is 1. The number of rotatable bonds is 5. The molecular formula is C10H14N4O2S2. The van der Waals surface area contributed by atoms with Gasteiger partial charge in [-0.15, -0.1) is 11.3 Å². The van der Waals surface area contributed by atoms with E-state index in [1.807, 2.05) is 0 Å². The van der Waals surface area contributed by atoms with E-state index in [-0.39, 0.29) is 4.21 Å². The van der Waals surface area contributed by atoms with E-state index in [1.54, 1.807) is 31.5 Å². The van der Waals surface area contributed by atoms with Gasteiger partial charge in [0.2, 0.25) is 0 Å². The van der Waals surface area contributed by atoms with Crippen molar-refractivity contribution >= 4 is 21.4 Å². The maximum absolute atomic E-state index is 12.1. The summed E-state index contributed by atoms with van der Waals surface area (Å²) < 4.78 is 27.0. The highest BCUT2D eigenvalue weighted by Gasteiger charge is 2.21. The minimum atomic E-state index is -3.52. The quantitative estimate of drug-likeness (QED) is 0.762. The van der Waals surface area contributed by atoms with Crippen LogP contribution in [0.25, 0.3) is 0 Å². The molecule has 98 valence electrons. The standard InChI is InChI=1S/C10H14N4O2S2/c1-7(10-12-4-5-13-10)14-18(15,16)9-3-2-8(6-11)17-9/h2-5,7,14H,6,11H2,1H3,(H,12,13). The van der Waals surface area contributed by atoms with Gasteiger partial charge < -0.3 is 10.7 Å². The van der Waals surface area contributed by atoms with E-state index in [4.69, 9.17) is 5.73 Å². The normalized spacial score (nSPS) is 13.7. The summed E-state index contributed by atoms with van der Waals surface area (Å²) in [6, 6.07) is 2.87. The molecular weight excluding hydrogens is 272 g/mol. The molecule has 0 saturated heterocycles. The molecule has 0 bridgehead atoms. The number of thiophene rings is 1. The fourth-order valence-electron chi connectivity index (χ4n) is 1.47. The third-order valence-electron chi connectivity index (χ3n) is 2.36. The molecule has 4 N–H and O–H groups in total. The number of imidazole rings is 1. The lowest BCUT2D eigenvalue weighted by Gasteiger charge is -2.10.